The van der Waals surface area contributed by atoms with Crippen LogP contribution in [0.2, 0.25) is 0 Å². The van der Waals surface area contributed by atoms with Crippen LogP contribution in [0.3, 0.4) is 0 Å². The zero-order valence-corrected chi connectivity index (χ0v) is 8.97. The molecule has 0 unspecified atom stereocenters. The number of hydrogen-bond acceptors (Lipinski definition) is 1. The summed E-state index contributed by atoms with van der Waals surface area (Å²) >= 11 is 0. The van der Waals surface area contributed by atoms with Gasteiger partial charge < -0.3 is 0 Å². The summed E-state index contributed by atoms with van der Waals surface area (Å²) in [5, 5.41) is 0. The number of aromatic nitrogens is 2. The van der Waals surface area contributed by atoms with Gasteiger partial charge >= 0.3 is 5.69 Å². The molecule has 0 amide bonds. The Morgan fingerprint density at radius 2 is 1.87 bits per heavy atom. The summed E-state index contributed by atoms with van der Waals surface area (Å²) in [4.78, 5) is 11.9. The van der Waals surface area contributed by atoms with Gasteiger partial charge in [0, 0.05) is 18.4 Å². The Kier molecular flexibility index (Phi) is 2.46. The first-order valence-corrected chi connectivity index (χ1v) is 5.08. The van der Waals surface area contributed by atoms with Gasteiger partial charge in [0.15, 0.2) is 0 Å². The summed E-state index contributed by atoms with van der Waals surface area (Å²) in [7, 11) is 0. The van der Waals surface area contributed by atoms with Crippen LogP contribution in [-0.2, 0) is 6.54 Å². The Labute approximate surface area is 88.6 Å². The van der Waals surface area contributed by atoms with Crippen molar-refractivity contribution >= 4 is 0 Å². The largest absolute Gasteiger partial charge is 0.332 e. The molecule has 15 heavy (non-hydrogen) atoms. The second-order valence-corrected chi connectivity index (χ2v) is 3.50. The molecule has 0 aliphatic rings. The molecule has 1 heterocycles. The molecule has 0 saturated carbocycles. The topological polar surface area (TPSA) is 26.9 Å². The van der Waals surface area contributed by atoms with Gasteiger partial charge in [-0.1, -0.05) is 18.2 Å². The molecule has 0 bridgehead atoms. The first kappa shape index (κ1) is 9.77. The van der Waals surface area contributed by atoms with E-state index in [0.717, 1.165) is 11.4 Å². The molecule has 0 N–H and O–H groups in total. The predicted octanol–water partition coefficient (Wildman–Crippen LogP) is 1.97. The minimum atomic E-state index is 0.0289. The SMILES string of the molecule is CCn1c(C)cn(-c2ccccc2)c1=O. The number of benzene rings is 1. The van der Waals surface area contributed by atoms with E-state index in [0.29, 0.717) is 6.54 Å². The Hall–Kier alpha value is -1.77. The van der Waals surface area contributed by atoms with E-state index in [1.165, 1.54) is 0 Å². The third-order valence-corrected chi connectivity index (χ3v) is 2.53. The van der Waals surface area contributed by atoms with Gasteiger partial charge in [0.25, 0.3) is 0 Å². The number of nitrogens with zero attached hydrogens (tertiary/aromatic N) is 2. The third-order valence-electron chi connectivity index (χ3n) is 2.53. The van der Waals surface area contributed by atoms with E-state index in [9.17, 15) is 4.79 Å². The Bertz CT molecular complexity index is 508. The molecule has 3 heteroatoms. The number of imidazole rings is 1. The predicted molar refractivity (Wildman–Crippen MR) is 60.4 cm³/mol. The maximum Gasteiger partial charge on any atom is 0.332 e. The smallest absolute Gasteiger partial charge is 0.297 e. The molecule has 2 rings (SSSR count). The highest BCUT2D eigenvalue weighted by molar-refractivity contribution is 5.31. The van der Waals surface area contributed by atoms with Gasteiger partial charge in [0.2, 0.25) is 0 Å². The lowest BCUT2D eigenvalue weighted by molar-refractivity contribution is 0.695. The van der Waals surface area contributed by atoms with Crippen molar-refractivity contribution in [1.29, 1.82) is 0 Å². The van der Waals surface area contributed by atoms with Gasteiger partial charge in [-0.2, -0.15) is 0 Å². The van der Waals surface area contributed by atoms with Crippen LogP contribution in [0.15, 0.2) is 41.3 Å². The molecule has 0 saturated heterocycles. The molecule has 1 aromatic carbocycles. The van der Waals surface area contributed by atoms with E-state index in [-0.39, 0.29) is 5.69 Å². The maximum atomic E-state index is 11.9. The van der Waals surface area contributed by atoms with Crippen LogP contribution >= 0.6 is 0 Å². The minimum Gasteiger partial charge on any atom is -0.297 e. The zero-order valence-electron chi connectivity index (χ0n) is 8.97. The van der Waals surface area contributed by atoms with Crippen molar-refractivity contribution in [2.24, 2.45) is 0 Å². The molecule has 0 atom stereocenters. The Balaban J connectivity index is 2.61. The summed E-state index contributed by atoms with van der Waals surface area (Å²) in [6, 6.07) is 9.67. The van der Waals surface area contributed by atoms with Crippen molar-refractivity contribution in [2.45, 2.75) is 20.4 Å². The third kappa shape index (κ3) is 1.61. The van der Waals surface area contributed by atoms with Crippen LogP contribution in [0.1, 0.15) is 12.6 Å². The Morgan fingerprint density at radius 3 is 2.40 bits per heavy atom. The lowest BCUT2D eigenvalue weighted by Crippen LogP contribution is -2.22. The van der Waals surface area contributed by atoms with E-state index in [2.05, 4.69) is 0 Å². The average molecular weight is 202 g/mol. The van der Waals surface area contributed by atoms with Crippen LogP contribution < -0.4 is 5.69 Å². The number of para-hydroxylation sites is 1. The lowest BCUT2D eigenvalue weighted by atomic mass is 10.3. The van der Waals surface area contributed by atoms with Gasteiger partial charge in [0.05, 0.1) is 5.69 Å². The summed E-state index contributed by atoms with van der Waals surface area (Å²) in [5.41, 5.74) is 1.94. The van der Waals surface area contributed by atoms with Gasteiger partial charge in [-0.05, 0) is 26.0 Å². The lowest BCUT2D eigenvalue weighted by Gasteiger charge is -1.99. The molecule has 3 nitrogen and oxygen atoms in total. The second-order valence-electron chi connectivity index (χ2n) is 3.50. The molecule has 0 radical (unpaired) electrons. The average Bonchev–Trinajstić information content (AvgIpc) is 2.55. The summed E-state index contributed by atoms with van der Waals surface area (Å²) in [6.45, 7) is 4.64. The van der Waals surface area contributed by atoms with Gasteiger partial charge in [-0.3, -0.25) is 9.13 Å². The van der Waals surface area contributed by atoms with Crippen LogP contribution in [0.5, 0.6) is 0 Å². The van der Waals surface area contributed by atoms with Crippen molar-refractivity contribution < 1.29 is 0 Å². The number of aryl methyl sites for hydroxylation is 1. The maximum absolute atomic E-state index is 11.9. The molecule has 78 valence electrons. The monoisotopic (exact) mass is 202 g/mol. The first-order valence-electron chi connectivity index (χ1n) is 5.08. The molecule has 0 aliphatic carbocycles. The molecular formula is C12H14N2O. The van der Waals surface area contributed by atoms with Crippen LogP contribution in [0.25, 0.3) is 5.69 Å². The Morgan fingerprint density at radius 1 is 1.20 bits per heavy atom. The molecule has 1 aromatic heterocycles. The highest BCUT2D eigenvalue weighted by Crippen LogP contribution is 2.06. The summed E-state index contributed by atoms with van der Waals surface area (Å²) < 4.78 is 3.44. The molecule has 0 aliphatic heterocycles. The summed E-state index contributed by atoms with van der Waals surface area (Å²) in [6.07, 6.45) is 1.88. The van der Waals surface area contributed by atoms with Gasteiger partial charge in [-0.15, -0.1) is 0 Å². The zero-order chi connectivity index (χ0) is 10.8. The van der Waals surface area contributed by atoms with Crippen LogP contribution in [0.4, 0.5) is 0 Å². The second kappa shape index (κ2) is 3.77. The fraction of sp³-hybridized carbons (Fsp3) is 0.250. The standard InChI is InChI=1S/C12H14N2O/c1-3-13-10(2)9-14(12(13)15)11-7-5-4-6-8-11/h4-9H,3H2,1-2H3. The van der Waals surface area contributed by atoms with E-state index in [1.807, 2.05) is 50.4 Å². The van der Waals surface area contributed by atoms with Crippen LogP contribution in [-0.4, -0.2) is 9.13 Å². The van der Waals surface area contributed by atoms with E-state index in [4.69, 9.17) is 0 Å². The number of hydrogen-bond donors (Lipinski definition) is 0. The molecule has 0 fully saturated rings. The van der Waals surface area contributed by atoms with Crippen molar-refractivity contribution in [3.05, 3.63) is 52.7 Å². The van der Waals surface area contributed by atoms with Crippen molar-refractivity contribution in [1.82, 2.24) is 9.13 Å². The quantitative estimate of drug-likeness (QED) is 0.731. The number of rotatable bonds is 2. The highest BCUT2D eigenvalue weighted by atomic mass is 16.1. The molecule has 0 spiro atoms. The fourth-order valence-corrected chi connectivity index (χ4v) is 1.75. The fourth-order valence-electron chi connectivity index (χ4n) is 1.75. The van der Waals surface area contributed by atoms with Crippen LogP contribution in [0, 0.1) is 6.92 Å². The van der Waals surface area contributed by atoms with E-state index >= 15 is 0 Å². The van der Waals surface area contributed by atoms with Crippen molar-refractivity contribution in [2.75, 3.05) is 0 Å². The molecular weight excluding hydrogens is 188 g/mol. The van der Waals surface area contributed by atoms with Gasteiger partial charge in [0.1, 0.15) is 0 Å². The summed E-state index contributed by atoms with van der Waals surface area (Å²) in [5.74, 6) is 0. The van der Waals surface area contributed by atoms with E-state index < -0.39 is 0 Å². The van der Waals surface area contributed by atoms with Gasteiger partial charge in [-0.25, -0.2) is 4.79 Å². The minimum absolute atomic E-state index is 0.0289. The van der Waals surface area contributed by atoms with Crippen molar-refractivity contribution in [3.8, 4) is 5.69 Å². The molecule has 2 aromatic rings. The van der Waals surface area contributed by atoms with E-state index in [1.54, 1.807) is 9.13 Å². The highest BCUT2D eigenvalue weighted by Gasteiger charge is 2.06. The normalized spacial score (nSPS) is 10.5. The van der Waals surface area contributed by atoms with Crippen molar-refractivity contribution in [3.63, 3.8) is 0 Å². The first-order chi connectivity index (χ1) is 7.24.